The molecule has 3 rings (SSSR count). The fourth-order valence-corrected chi connectivity index (χ4v) is 5.28. The maximum absolute atomic E-state index is 12.5. The van der Waals surface area contributed by atoms with Crippen molar-refractivity contribution in [1.29, 1.82) is 0 Å². The number of anilines is 2. The third-order valence-corrected chi connectivity index (χ3v) is 7.08. The first-order chi connectivity index (χ1) is 12.4. The zero-order chi connectivity index (χ0) is 18.7. The average molecular weight is 415 g/mol. The Kier molecular flexibility index (Phi) is 5.79. The molecule has 0 atom stereocenters. The number of hydrogen-bond donors (Lipinski definition) is 1. The summed E-state index contributed by atoms with van der Waals surface area (Å²) in [5.41, 5.74) is 0.648. The Bertz CT molecular complexity index is 914. The molecule has 1 aliphatic rings. The van der Waals surface area contributed by atoms with Gasteiger partial charge in [0.05, 0.1) is 16.5 Å². The number of nitrogens with one attached hydrogen (secondary N) is 1. The molecule has 2 aromatic rings. The predicted molar refractivity (Wildman–Crippen MR) is 104 cm³/mol. The second kappa shape index (κ2) is 7.89. The zero-order valence-electron chi connectivity index (χ0n) is 14.2. The molecule has 0 bridgehead atoms. The second-order valence-electron chi connectivity index (χ2n) is 5.97. The van der Waals surface area contributed by atoms with E-state index in [1.54, 1.807) is 6.07 Å². The van der Waals surface area contributed by atoms with Crippen LogP contribution >= 0.6 is 22.9 Å². The molecular weight excluding hydrogens is 396 g/mol. The highest BCUT2D eigenvalue weighted by Gasteiger charge is 2.30. The Hall–Kier alpha value is -1.71. The summed E-state index contributed by atoms with van der Waals surface area (Å²) < 4.78 is 25.5. The number of amides is 1. The second-order valence-corrected chi connectivity index (χ2v) is 9.45. The van der Waals surface area contributed by atoms with Crippen molar-refractivity contribution in [3.8, 4) is 0 Å². The van der Waals surface area contributed by atoms with Crippen LogP contribution in [0.2, 0.25) is 5.02 Å². The van der Waals surface area contributed by atoms with Crippen LogP contribution in [0.3, 0.4) is 0 Å². The lowest BCUT2D eigenvalue weighted by molar-refractivity contribution is 0.102. The van der Waals surface area contributed by atoms with Gasteiger partial charge in [-0.3, -0.25) is 14.4 Å². The molecular formula is C16H19ClN4O3S2. The van der Waals surface area contributed by atoms with Gasteiger partial charge in [0.1, 0.15) is 5.01 Å². The molecule has 0 aliphatic carbocycles. The first-order valence-electron chi connectivity index (χ1n) is 8.34. The Labute approximate surface area is 161 Å². The van der Waals surface area contributed by atoms with Crippen molar-refractivity contribution in [2.75, 3.05) is 21.9 Å². The van der Waals surface area contributed by atoms with Crippen LogP contribution in [0, 0.1) is 0 Å². The molecule has 2 heterocycles. The molecule has 1 N–H and O–H groups in total. The third kappa shape index (κ3) is 4.16. The van der Waals surface area contributed by atoms with Crippen molar-refractivity contribution in [3.05, 3.63) is 33.8 Å². The molecule has 1 fully saturated rings. The molecule has 10 heteroatoms. The number of hydrogen-bond acceptors (Lipinski definition) is 6. The van der Waals surface area contributed by atoms with Crippen LogP contribution in [0.1, 0.15) is 41.6 Å². The highest BCUT2D eigenvalue weighted by atomic mass is 35.5. The van der Waals surface area contributed by atoms with E-state index in [1.165, 1.54) is 27.8 Å². The zero-order valence-corrected chi connectivity index (χ0v) is 16.6. The van der Waals surface area contributed by atoms with Crippen molar-refractivity contribution in [2.24, 2.45) is 0 Å². The standard InChI is InChI=1S/C16H19ClN4O3S2/c1-2-3-5-14-19-20-16(25-14)18-15(22)11-6-7-12(17)13(10-11)21-8-4-9-26(21,23)24/h6-7,10H,2-5,8-9H2,1H3,(H,18,20,22). The maximum Gasteiger partial charge on any atom is 0.257 e. The van der Waals surface area contributed by atoms with Gasteiger partial charge in [0, 0.05) is 18.5 Å². The van der Waals surface area contributed by atoms with Crippen molar-refractivity contribution in [3.63, 3.8) is 0 Å². The number of unbranched alkanes of at least 4 members (excludes halogenated alkanes) is 1. The fraction of sp³-hybridized carbons (Fsp3) is 0.438. The van der Waals surface area contributed by atoms with Crippen LogP contribution in [0.15, 0.2) is 18.2 Å². The molecule has 140 valence electrons. The van der Waals surface area contributed by atoms with Gasteiger partial charge in [-0.15, -0.1) is 10.2 Å². The maximum atomic E-state index is 12.5. The fourth-order valence-electron chi connectivity index (χ4n) is 2.66. The molecule has 0 saturated carbocycles. The highest BCUT2D eigenvalue weighted by molar-refractivity contribution is 7.93. The molecule has 1 aliphatic heterocycles. The van der Waals surface area contributed by atoms with Gasteiger partial charge in [-0.05, 0) is 31.0 Å². The van der Waals surface area contributed by atoms with E-state index in [0.717, 1.165) is 24.3 Å². The summed E-state index contributed by atoms with van der Waals surface area (Å²) in [6.45, 7) is 2.47. The minimum absolute atomic E-state index is 0.0884. The number of benzene rings is 1. The first kappa shape index (κ1) is 19.1. The third-order valence-electron chi connectivity index (χ3n) is 4.01. The minimum Gasteiger partial charge on any atom is -0.296 e. The molecule has 1 aromatic heterocycles. The number of carbonyl (C=O) groups is 1. The summed E-state index contributed by atoms with van der Waals surface area (Å²) in [5.74, 6) is -0.289. The summed E-state index contributed by atoms with van der Waals surface area (Å²) in [5, 5.41) is 12.3. The van der Waals surface area contributed by atoms with Crippen molar-refractivity contribution in [2.45, 2.75) is 32.6 Å². The first-order valence-corrected chi connectivity index (χ1v) is 11.1. The smallest absolute Gasteiger partial charge is 0.257 e. The van der Waals surface area contributed by atoms with E-state index in [4.69, 9.17) is 11.6 Å². The molecule has 7 nitrogen and oxygen atoms in total. The van der Waals surface area contributed by atoms with E-state index >= 15 is 0 Å². The van der Waals surface area contributed by atoms with Gasteiger partial charge in [-0.2, -0.15) is 0 Å². The van der Waals surface area contributed by atoms with E-state index in [-0.39, 0.29) is 11.7 Å². The molecule has 26 heavy (non-hydrogen) atoms. The average Bonchev–Trinajstić information content (AvgIpc) is 3.19. The van der Waals surface area contributed by atoms with E-state index in [0.29, 0.717) is 34.4 Å². The van der Waals surface area contributed by atoms with E-state index < -0.39 is 10.0 Å². The van der Waals surface area contributed by atoms with Crippen LogP contribution in [-0.2, 0) is 16.4 Å². The van der Waals surface area contributed by atoms with Crippen LogP contribution in [0.25, 0.3) is 0 Å². The quantitative estimate of drug-likeness (QED) is 0.782. The van der Waals surface area contributed by atoms with Crippen LogP contribution in [-0.4, -0.2) is 36.8 Å². The summed E-state index contributed by atoms with van der Waals surface area (Å²) in [4.78, 5) is 12.5. The Morgan fingerprint density at radius 3 is 2.88 bits per heavy atom. The van der Waals surface area contributed by atoms with Crippen LogP contribution in [0.5, 0.6) is 0 Å². The van der Waals surface area contributed by atoms with Gasteiger partial charge in [0.2, 0.25) is 15.2 Å². The molecule has 1 saturated heterocycles. The molecule has 0 unspecified atom stereocenters. The van der Waals surface area contributed by atoms with Gasteiger partial charge < -0.3 is 0 Å². The SMILES string of the molecule is CCCCc1nnc(NC(=O)c2ccc(Cl)c(N3CCCS3(=O)=O)c2)s1. The number of rotatable bonds is 6. The Morgan fingerprint density at radius 1 is 1.38 bits per heavy atom. The van der Waals surface area contributed by atoms with Crippen molar-refractivity contribution >= 4 is 49.7 Å². The lowest BCUT2D eigenvalue weighted by Crippen LogP contribution is -2.26. The van der Waals surface area contributed by atoms with Gasteiger partial charge >= 0.3 is 0 Å². The normalized spacial score (nSPS) is 16.0. The van der Waals surface area contributed by atoms with Gasteiger partial charge in [-0.25, -0.2) is 8.42 Å². The molecule has 1 aromatic carbocycles. The lowest BCUT2D eigenvalue weighted by Gasteiger charge is -2.19. The predicted octanol–water partition coefficient (Wildman–Crippen LogP) is 3.33. The summed E-state index contributed by atoms with van der Waals surface area (Å²) in [6.07, 6.45) is 3.46. The van der Waals surface area contributed by atoms with Gasteiger partial charge in [0.25, 0.3) is 5.91 Å². The largest absolute Gasteiger partial charge is 0.296 e. The Morgan fingerprint density at radius 2 is 2.19 bits per heavy atom. The number of sulfonamides is 1. The summed E-state index contributed by atoms with van der Waals surface area (Å²) in [7, 11) is -3.37. The lowest BCUT2D eigenvalue weighted by atomic mass is 10.2. The Balaban J connectivity index is 1.78. The van der Waals surface area contributed by atoms with E-state index in [2.05, 4.69) is 22.4 Å². The number of aromatic nitrogens is 2. The number of nitrogens with zero attached hydrogens (tertiary/aromatic N) is 3. The van der Waals surface area contributed by atoms with Gasteiger partial charge in [0.15, 0.2) is 0 Å². The van der Waals surface area contributed by atoms with E-state index in [9.17, 15) is 13.2 Å². The minimum atomic E-state index is -3.37. The number of carbonyl (C=O) groups excluding carboxylic acids is 1. The van der Waals surface area contributed by atoms with E-state index in [1.807, 2.05) is 0 Å². The van der Waals surface area contributed by atoms with Crippen molar-refractivity contribution in [1.82, 2.24) is 10.2 Å². The summed E-state index contributed by atoms with van der Waals surface area (Å²) in [6, 6.07) is 4.59. The van der Waals surface area contributed by atoms with Crippen LogP contribution < -0.4 is 9.62 Å². The van der Waals surface area contributed by atoms with Crippen LogP contribution in [0.4, 0.5) is 10.8 Å². The monoisotopic (exact) mass is 414 g/mol. The van der Waals surface area contributed by atoms with Gasteiger partial charge in [-0.1, -0.05) is 36.3 Å². The summed E-state index contributed by atoms with van der Waals surface area (Å²) >= 11 is 7.50. The topological polar surface area (TPSA) is 92.3 Å². The molecule has 0 radical (unpaired) electrons. The number of aryl methyl sites for hydroxylation is 1. The highest BCUT2D eigenvalue weighted by Crippen LogP contribution is 2.32. The number of halogens is 1. The molecule has 0 spiro atoms. The molecule has 1 amide bonds. The van der Waals surface area contributed by atoms with Crippen molar-refractivity contribution < 1.29 is 13.2 Å².